The number of nitrogens with zero attached hydrogens (tertiary/aromatic N) is 2. The Labute approximate surface area is 136 Å². The zero-order valence-corrected chi connectivity index (χ0v) is 14.9. The van der Waals surface area contributed by atoms with Gasteiger partial charge in [0.15, 0.2) is 0 Å². The molecule has 1 atom stereocenters. The summed E-state index contributed by atoms with van der Waals surface area (Å²) in [6, 6.07) is 0. The van der Waals surface area contributed by atoms with Gasteiger partial charge in [0.25, 0.3) is 0 Å². The Morgan fingerprint density at radius 1 is 1.43 bits per heavy atom. The Bertz CT molecular complexity index is 453. The van der Waals surface area contributed by atoms with Crippen LogP contribution in [0.2, 0.25) is 0 Å². The highest BCUT2D eigenvalue weighted by Gasteiger charge is 2.43. The lowest BCUT2D eigenvalue weighted by molar-refractivity contribution is 0.00363. The van der Waals surface area contributed by atoms with E-state index in [2.05, 4.69) is 34.9 Å². The van der Waals surface area contributed by atoms with Crippen molar-refractivity contribution in [2.75, 3.05) is 13.7 Å². The Morgan fingerprint density at radius 3 is 2.67 bits per heavy atom. The Hall–Kier alpha value is -0.390. The molecule has 0 bridgehead atoms. The molecule has 120 valence electrons. The first-order valence-electron chi connectivity index (χ1n) is 7.88. The minimum atomic E-state index is -0.462. The number of ether oxygens (including phenoxy) is 1. The van der Waals surface area contributed by atoms with Crippen LogP contribution in [0.4, 0.5) is 0 Å². The zero-order valence-electron chi connectivity index (χ0n) is 13.3. The van der Waals surface area contributed by atoms with Crippen LogP contribution < -0.4 is 0 Å². The van der Waals surface area contributed by atoms with E-state index < -0.39 is 6.10 Å². The first kappa shape index (κ1) is 17.0. The molecule has 0 saturated heterocycles. The predicted molar refractivity (Wildman–Crippen MR) is 87.1 cm³/mol. The van der Waals surface area contributed by atoms with Crippen LogP contribution in [0.15, 0.2) is 10.7 Å². The summed E-state index contributed by atoms with van der Waals surface area (Å²) >= 11 is 3.56. The Kier molecular flexibility index (Phi) is 5.86. The molecule has 1 aromatic heterocycles. The molecule has 2 rings (SSSR count). The van der Waals surface area contributed by atoms with Crippen molar-refractivity contribution < 1.29 is 9.84 Å². The smallest absolute Gasteiger partial charge is 0.102 e. The van der Waals surface area contributed by atoms with Crippen LogP contribution in [0.25, 0.3) is 0 Å². The summed E-state index contributed by atoms with van der Waals surface area (Å²) in [6.07, 6.45) is 7.03. The van der Waals surface area contributed by atoms with E-state index in [9.17, 15) is 5.11 Å². The van der Waals surface area contributed by atoms with Gasteiger partial charge in [-0.2, -0.15) is 5.10 Å². The van der Waals surface area contributed by atoms with E-state index in [0.29, 0.717) is 19.1 Å². The molecule has 1 aromatic rings. The number of halogens is 1. The second kappa shape index (κ2) is 7.25. The molecule has 0 amide bonds. The predicted octanol–water partition coefficient (Wildman–Crippen LogP) is 3.93. The first-order valence-corrected chi connectivity index (χ1v) is 8.67. The fourth-order valence-electron chi connectivity index (χ4n) is 3.77. The summed E-state index contributed by atoms with van der Waals surface area (Å²) in [4.78, 5) is 0. The van der Waals surface area contributed by atoms with Crippen molar-refractivity contribution in [2.24, 2.45) is 11.3 Å². The van der Waals surface area contributed by atoms with Gasteiger partial charge in [0.05, 0.1) is 29.5 Å². The molecule has 1 heterocycles. The van der Waals surface area contributed by atoms with Crippen molar-refractivity contribution in [1.82, 2.24) is 9.78 Å². The summed E-state index contributed by atoms with van der Waals surface area (Å²) in [6.45, 7) is 5.76. The Morgan fingerprint density at radius 2 is 2.10 bits per heavy atom. The lowest BCUT2D eigenvalue weighted by Gasteiger charge is -2.36. The molecule has 1 saturated carbocycles. The number of hydrogen-bond donors (Lipinski definition) is 1. The lowest BCUT2D eigenvalue weighted by Crippen LogP contribution is -2.30. The minimum absolute atomic E-state index is 0.00153. The van der Waals surface area contributed by atoms with Gasteiger partial charge in [0.1, 0.15) is 6.10 Å². The molecule has 0 spiro atoms. The third-order valence-corrected chi connectivity index (χ3v) is 5.20. The van der Waals surface area contributed by atoms with E-state index in [1.165, 1.54) is 12.8 Å². The number of aliphatic hydroxyl groups excluding tert-OH is 1. The first-order chi connectivity index (χ1) is 10.00. The normalized spacial score (nSPS) is 19.3. The van der Waals surface area contributed by atoms with Crippen molar-refractivity contribution in [2.45, 2.75) is 58.6 Å². The van der Waals surface area contributed by atoms with Crippen LogP contribution in [0.3, 0.4) is 0 Å². The van der Waals surface area contributed by atoms with E-state index >= 15 is 0 Å². The van der Waals surface area contributed by atoms with Crippen LogP contribution in [-0.4, -0.2) is 28.6 Å². The van der Waals surface area contributed by atoms with Crippen molar-refractivity contribution in [3.05, 3.63) is 16.4 Å². The van der Waals surface area contributed by atoms with E-state index in [1.807, 2.05) is 4.68 Å². The standard InChI is InChI=1S/C16H27BrN2O2/c1-12(2)10-16(6-4-5-7-16)15(20)14-13(17)11-18-19(14)8-9-21-3/h11-12,15,20H,4-10H2,1-3H3. The van der Waals surface area contributed by atoms with Crippen molar-refractivity contribution in [3.63, 3.8) is 0 Å². The van der Waals surface area contributed by atoms with Crippen LogP contribution in [0, 0.1) is 11.3 Å². The van der Waals surface area contributed by atoms with Gasteiger partial charge in [-0.3, -0.25) is 4.68 Å². The molecule has 5 heteroatoms. The SMILES string of the molecule is COCCn1ncc(Br)c1C(O)C1(CC(C)C)CCCC1. The molecule has 1 unspecified atom stereocenters. The van der Waals surface area contributed by atoms with Gasteiger partial charge in [0, 0.05) is 12.5 Å². The number of aliphatic hydroxyl groups is 1. The maximum atomic E-state index is 11.1. The highest BCUT2D eigenvalue weighted by molar-refractivity contribution is 9.10. The molecule has 0 aliphatic heterocycles. The number of methoxy groups -OCH3 is 1. The summed E-state index contributed by atoms with van der Waals surface area (Å²) in [7, 11) is 1.69. The molecule has 21 heavy (non-hydrogen) atoms. The molecule has 1 fully saturated rings. The number of hydrogen-bond acceptors (Lipinski definition) is 3. The van der Waals surface area contributed by atoms with E-state index in [0.717, 1.165) is 29.4 Å². The second-order valence-corrected chi connectivity index (χ2v) is 7.52. The van der Waals surface area contributed by atoms with Gasteiger partial charge >= 0.3 is 0 Å². The quantitative estimate of drug-likeness (QED) is 0.802. The summed E-state index contributed by atoms with van der Waals surface area (Å²) in [5, 5.41) is 15.5. The van der Waals surface area contributed by atoms with Crippen molar-refractivity contribution in [3.8, 4) is 0 Å². The molecule has 1 N–H and O–H groups in total. The summed E-state index contributed by atoms with van der Waals surface area (Å²) in [5.41, 5.74) is 0.913. The van der Waals surface area contributed by atoms with Gasteiger partial charge in [-0.05, 0) is 41.1 Å². The molecule has 4 nitrogen and oxygen atoms in total. The van der Waals surface area contributed by atoms with Crippen molar-refractivity contribution in [1.29, 1.82) is 0 Å². The molecular formula is C16H27BrN2O2. The van der Waals surface area contributed by atoms with E-state index in [-0.39, 0.29) is 5.41 Å². The van der Waals surface area contributed by atoms with Gasteiger partial charge in [-0.25, -0.2) is 0 Å². The summed E-state index contributed by atoms with van der Waals surface area (Å²) < 4.78 is 7.94. The maximum Gasteiger partial charge on any atom is 0.102 e. The number of rotatable bonds is 7. The largest absolute Gasteiger partial charge is 0.386 e. The molecule has 0 aromatic carbocycles. The second-order valence-electron chi connectivity index (χ2n) is 6.66. The molecule has 1 aliphatic rings. The Balaban J connectivity index is 2.28. The van der Waals surface area contributed by atoms with E-state index in [1.54, 1.807) is 13.3 Å². The maximum absolute atomic E-state index is 11.1. The molecular weight excluding hydrogens is 332 g/mol. The minimum Gasteiger partial charge on any atom is -0.386 e. The molecule has 1 aliphatic carbocycles. The molecule has 0 radical (unpaired) electrons. The fraction of sp³-hybridized carbons (Fsp3) is 0.812. The topological polar surface area (TPSA) is 47.3 Å². The van der Waals surface area contributed by atoms with Gasteiger partial charge in [-0.1, -0.05) is 26.7 Å². The zero-order chi connectivity index (χ0) is 15.5. The highest BCUT2D eigenvalue weighted by atomic mass is 79.9. The average molecular weight is 359 g/mol. The fourth-order valence-corrected chi connectivity index (χ4v) is 4.28. The van der Waals surface area contributed by atoms with Crippen LogP contribution >= 0.6 is 15.9 Å². The monoisotopic (exact) mass is 358 g/mol. The number of aromatic nitrogens is 2. The van der Waals surface area contributed by atoms with Gasteiger partial charge in [0.2, 0.25) is 0 Å². The van der Waals surface area contributed by atoms with Crippen LogP contribution in [0.1, 0.15) is 57.7 Å². The van der Waals surface area contributed by atoms with Gasteiger partial charge in [-0.15, -0.1) is 0 Å². The van der Waals surface area contributed by atoms with Crippen molar-refractivity contribution >= 4 is 15.9 Å². The van der Waals surface area contributed by atoms with E-state index in [4.69, 9.17) is 4.74 Å². The lowest BCUT2D eigenvalue weighted by atomic mass is 9.73. The average Bonchev–Trinajstić information content (AvgIpc) is 3.03. The van der Waals surface area contributed by atoms with Gasteiger partial charge < -0.3 is 9.84 Å². The van der Waals surface area contributed by atoms with Crippen LogP contribution in [0.5, 0.6) is 0 Å². The highest BCUT2D eigenvalue weighted by Crippen LogP contribution is 2.52. The third-order valence-electron chi connectivity index (χ3n) is 4.59. The summed E-state index contributed by atoms with van der Waals surface area (Å²) in [5.74, 6) is 0.590. The third kappa shape index (κ3) is 3.69. The van der Waals surface area contributed by atoms with Crippen LogP contribution in [-0.2, 0) is 11.3 Å².